The lowest BCUT2D eigenvalue weighted by Crippen LogP contribution is -2.41. The van der Waals surface area contributed by atoms with Crippen molar-refractivity contribution in [1.29, 1.82) is 0 Å². The molecule has 0 saturated carbocycles. The highest BCUT2D eigenvalue weighted by molar-refractivity contribution is 7.98. The Morgan fingerprint density at radius 2 is 1.81 bits per heavy atom. The van der Waals surface area contributed by atoms with Crippen molar-refractivity contribution in [1.82, 2.24) is 10.3 Å². The van der Waals surface area contributed by atoms with Crippen LogP contribution in [0.25, 0.3) is 5.57 Å². The van der Waals surface area contributed by atoms with E-state index in [0.29, 0.717) is 28.7 Å². The highest BCUT2D eigenvalue weighted by Crippen LogP contribution is 2.33. The number of nitrogens with one attached hydrogen (secondary N) is 1. The van der Waals surface area contributed by atoms with E-state index >= 15 is 0 Å². The van der Waals surface area contributed by atoms with Crippen LogP contribution in [0.15, 0.2) is 71.4 Å². The Labute approximate surface area is 201 Å². The summed E-state index contributed by atoms with van der Waals surface area (Å²) in [4.78, 5) is 16.4. The summed E-state index contributed by atoms with van der Waals surface area (Å²) in [6.07, 6.45) is 6.01. The van der Waals surface area contributed by atoms with E-state index in [1.807, 2.05) is 48.9 Å². The minimum Gasteiger partial charge on any atom is -0.331 e. The van der Waals surface area contributed by atoms with Crippen LogP contribution in [0, 0.1) is 0 Å². The van der Waals surface area contributed by atoms with Crippen LogP contribution in [0.4, 0.5) is 10.5 Å². The number of hydrogen-bond donors (Lipinski definition) is 1. The molecule has 4 rings (SSSR count). The second-order valence-electron chi connectivity index (χ2n) is 7.13. The summed E-state index contributed by atoms with van der Waals surface area (Å²) in [5.41, 5.74) is 5.29. The van der Waals surface area contributed by atoms with Gasteiger partial charge in [-0.1, -0.05) is 60.1 Å². The SMILES string of the molecule is C=C(c1ccc(Cc2c(Cl)cc(N3N=CCNC3=O)cc2Cl)cc1)c1ccc(SC)nc1. The first kappa shape index (κ1) is 22.4. The van der Waals surface area contributed by atoms with Crippen molar-refractivity contribution in [2.24, 2.45) is 5.10 Å². The standard InChI is InChI=1S/C24H20Cl2N4OS/c1-15(18-7-8-23(32-2)28-14-18)17-5-3-16(4-6-17)11-20-21(25)12-19(13-22(20)26)30-24(31)27-9-10-29-30/h3-8,10,12-14H,1,9,11H2,2H3,(H,27,31). The first-order chi connectivity index (χ1) is 15.5. The molecule has 8 heteroatoms. The number of hydrazone groups is 1. The number of carbonyl (C=O) groups excluding carboxylic acids is 1. The lowest BCUT2D eigenvalue weighted by atomic mass is 9.98. The average molecular weight is 483 g/mol. The lowest BCUT2D eigenvalue weighted by molar-refractivity contribution is 0.247. The van der Waals surface area contributed by atoms with Crippen molar-refractivity contribution in [3.05, 3.63) is 93.6 Å². The molecule has 32 heavy (non-hydrogen) atoms. The van der Waals surface area contributed by atoms with E-state index in [-0.39, 0.29) is 6.03 Å². The predicted octanol–water partition coefficient (Wildman–Crippen LogP) is 6.28. The Balaban J connectivity index is 1.51. The third-order valence-corrected chi connectivity index (χ3v) is 6.42. The fourth-order valence-electron chi connectivity index (χ4n) is 3.32. The van der Waals surface area contributed by atoms with Gasteiger partial charge in [0.25, 0.3) is 0 Å². The van der Waals surface area contributed by atoms with Gasteiger partial charge in [-0.25, -0.2) is 9.78 Å². The fraction of sp³-hybridized carbons (Fsp3) is 0.125. The summed E-state index contributed by atoms with van der Waals surface area (Å²) in [7, 11) is 0. The summed E-state index contributed by atoms with van der Waals surface area (Å²) in [5, 5.41) is 9.98. The van der Waals surface area contributed by atoms with Gasteiger partial charge in [0, 0.05) is 34.4 Å². The molecule has 0 bridgehead atoms. The Kier molecular flexibility index (Phi) is 6.84. The Bertz CT molecular complexity index is 1170. The van der Waals surface area contributed by atoms with E-state index in [2.05, 4.69) is 22.0 Å². The van der Waals surface area contributed by atoms with Gasteiger partial charge in [-0.2, -0.15) is 10.1 Å². The smallest absolute Gasteiger partial charge is 0.331 e. The van der Waals surface area contributed by atoms with Crippen LogP contribution in [0.5, 0.6) is 0 Å². The van der Waals surface area contributed by atoms with Crippen LogP contribution < -0.4 is 10.3 Å². The molecule has 0 saturated heterocycles. The number of thioether (sulfide) groups is 1. The van der Waals surface area contributed by atoms with Crippen LogP contribution in [0.2, 0.25) is 10.0 Å². The zero-order valence-electron chi connectivity index (χ0n) is 17.3. The van der Waals surface area contributed by atoms with Crippen LogP contribution in [0.3, 0.4) is 0 Å². The number of nitrogens with zero attached hydrogens (tertiary/aromatic N) is 3. The fourth-order valence-corrected chi connectivity index (χ4v) is 4.29. The lowest BCUT2D eigenvalue weighted by Gasteiger charge is -2.22. The quantitative estimate of drug-likeness (QED) is 0.420. The number of amides is 2. The molecule has 3 aromatic rings. The Morgan fingerprint density at radius 1 is 1.12 bits per heavy atom. The van der Waals surface area contributed by atoms with E-state index in [9.17, 15) is 4.79 Å². The minimum absolute atomic E-state index is 0.318. The number of benzene rings is 2. The van der Waals surface area contributed by atoms with Crippen molar-refractivity contribution >= 4 is 58.5 Å². The van der Waals surface area contributed by atoms with Crippen LogP contribution in [-0.2, 0) is 6.42 Å². The molecule has 1 aliphatic heterocycles. The molecule has 0 atom stereocenters. The molecule has 1 N–H and O–H groups in total. The van der Waals surface area contributed by atoms with E-state index in [1.54, 1.807) is 30.1 Å². The van der Waals surface area contributed by atoms with Crippen molar-refractivity contribution in [2.75, 3.05) is 17.8 Å². The van der Waals surface area contributed by atoms with Gasteiger partial charge in [0.1, 0.15) is 0 Å². The second kappa shape index (κ2) is 9.77. The largest absolute Gasteiger partial charge is 0.342 e. The van der Waals surface area contributed by atoms with E-state index in [1.165, 1.54) is 5.01 Å². The number of carbonyl (C=O) groups is 1. The maximum absolute atomic E-state index is 12.0. The normalized spacial score (nSPS) is 13.2. The van der Waals surface area contributed by atoms with Gasteiger partial charge in [0.2, 0.25) is 0 Å². The van der Waals surface area contributed by atoms with Gasteiger partial charge in [-0.15, -0.1) is 11.8 Å². The summed E-state index contributed by atoms with van der Waals surface area (Å²) < 4.78 is 0. The topological polar surface area (TPSA) is 57.6 Å². The molecule has 2 aromatic carbocycles. The molecule has 162 valence electrons. The number of pyridine rings is 1. The molecule has 0 spiro atoms. The van der Waals surface area contributed by atoms with Gasteiger partial charge in [-0.3, -0.25) is 0 Å². The third kappa shape index (κ3) is 4.83. The second-order valence-corrected chi connectivity index (χ2v) is 8.77. The Morgan fingerprint density at radius 3 is 2.41 bits per heavy atom. The number of rotatable bonds is 6. The molecular formula is C24H20Cl2N4OS. The van der Waals surface area contributed by atoms with Crippen LogP contribution in [0.1, 0.15) is 22.3 Å². The van der Waals surface area contributed by atoms with Gasteiger partial charge in [-0.05, 0) is 46.7 Å². The molecule has 2 amide bonds. The number of urea groups is 1. The molecular weight excluding hydrogens is 463 g/mol. The molecule has 0 radical (unpaired) electrons. The highest BCUT2D eigenvalue weighted by atomic mass is 35.5. The number of hydrogen-bond acceptors (Lipinski definition) is 4. The molecule has 0 aliphatic carbocycles. The molecule has 0 unspecified atom stereocenters. The predicted molar refractivity (Wildman–Crippen MR) is 134 cm³/mol. The summed E-state index contributed by atoms with van der Waals surface area (Å²) >= 11 is 14.6. The monoisotopic (exact) mass is 482 g/mol. The zero-order chi connectivity index (χ0) is 22.7. The van der Waals surface area contributed by atoms with E-state index < -0.39 is 0 Å². The summed E-state index contributed by atoms with van der Waals surface area (Å²) in [5.74, 6) is 0. The van der Waals surface area contributed by atoms with Crippen LogP contribution >= 0.6 is 35.0 Å². The minimum atomic E-state index is -0.318. The summed E-state index contributed by atoms with van der Waals surface area (Å²) in [6.45, 7) is 4.61. The van der Waals surface area contributed by atoms with E-state index in [4.69, 9.17) is 23.2 Å². The third-order valence-electron chi connectivity index (χ3n) is 5.08. The molecule has 5 nitrogen and oxygen atoms in total. The molecule has 0 fully saturated rings. The van der Waals surface area contributed by atoms with E-state index in [0.717, 1.165) is 32.9 Å². The van der Waals surface area contributed by atoms with Crippen LogP contribution in [-0.4, -0.2) is 30.0 Å². The molecule has 1 aliphatic rings. The van der Waals surface area contributed by atoms with Gasteiger partial charge in [0.05, 0.1) is 17.3 Å². The maximum Gasteiger partial charge on any atom is 0.342 e. The average Bonchev–Trinajstić information content (AvgIpc) is 2.81. The molecule has 2 heterocycles. The Hall–Kier alpha value is -2.80. The van der Waals surface area contributed by atoms with Crippen molar-refractivity contribution < 1.29 is 4.79 Å². The number of anilines is 1. The first-order valence-corrected chi connectivity index (χ1v) is 11.8. The maximum atomic E-state index is 12.0. The van der Waals surface area contributed by atoms with Gasteiger partial charge >= 0.3 is 6.03 Å². The summed E-state index contributed by atoms with van der Waals surface area (Å²) in [6, 6.07) is 15.2. The van der Waals surface area contributed by atoms with Crippen molar-refractivity contribution in [2.45, 2.75) is 11.4 Å². The number of halogens is 2. The van der Waals surface area contributed by atoms with Crippen molar-refractivity contribution in [3.8, 4) is 0 Å². The number of aromatic nitrogens is 1. The van der Waals surface area contributed by atoms with Crippen molar-refractivity contribution in [3.63, 3.8) is 0 Å². The van der Waals surface area contributed by atoms with Gasteiger partial charge < -0.3 is 5.32 Å². The molecule has 1 aromatic heterocycles. The zero-order valence-corrected chi connectivity index (χ0v) is 19.6. The van der Waals surface area contributed by atoms with Gasteiger partial charge in [0.15, 0.2) is 0 Å². The highest BCUT2D eigenvalue weighted by Gasteiger charge is 2.20. The first-order valence-electron chi connectivity index (χ1n) is 9.83.